The fraction of sp³-hybridized carbons (Fsp3) is 0.417. The van der Waals surface area contributed by atoms with Gasteiger partial charge in [-0.25, -0.2) is 4.79 Å². The summed E-state index contributed by atoms with van der Waals surface area (Å²) in [4.78, 5) is 28.9. The summed E-state index contributed by atoms with van der Waals surface area (Å²) in [5.74, 6) is -0.0577. The summed E-state index contributed by atoms with van der Waals surface area (Å²) < 4.78 is 5.41. The lowest BCUT2D eigenvalue weighted by molar-refractivity contribution is -0.117. The first-order valence-corrected chi connectivity index (χ1v) is 11.1. The van der Waals surface area contributed by atoms with Crippen molar-refractivity contribution in [2.45, 2.75) is 32.4 Å². The van der Waals surface area contributed by atoms with Crippen LogP contribution in [0.3, 0.4) is 0 Å². The lowest BCUT2D eigenvalue weighted by atomic mass is 10.00. The number of nitrogens with zero attached hydrogens (tertiary/aromatic N) is 2. The number of aryl methyl sites for hydroxylation is 1. The molecule has 2 aromatic rings. The van der Waals surface area contributed by atoms with Gasteiger partial charge in [-0.05, 0) is 50.1 Å². The Morgan fingerprint density at radius 1 is 1.12 bits per heavy atom. The van der Waals surface area contributed by atoms with E-state index in [1.165, 1.54) is 0 Å². The van der Waals surface area contributed by atoms with Gasteiger partial charge in [0.1, 0.15) is 6.61 Å². The zero-order chi connectivity index (χ0) is 22.5. The van der Waals surface area contributed by atoms with Gasteiger partial charge in [-0.3, -0.25) is 14.6 Å². The number of carbonyl (C=O) groups excluding carboxylic acids is 2. The highest BCUT2D eigenvalue weighted by Crippen LogP contribution is 2.32. The van der Waals surface area contributed by atoms with Crippen LogP contribution in [-0.4, -0.2) is 60.8 Å². The summed E-state index contributed by atoms with van der Waals surface area (Å²) in [5.41, 5.74) is 4.77. The number of likely N-dealkylation sites (tertiary alicyclic amines) is 1. The van der Waals surface area contributed by atoms with E-state index in [4.69, 9.17) is 9.84 Å². The molecule has 0 bridgehead atoms. The molecule has 2 amide bonds. The van der Waals surface area contributed by atoms with Crippen LogP contribution in [0.15, 0.2) is 42.5 Å². The Hall–Kier alpha value is -3.10. The topological polar surface area (TPSA) is 94.1 Å². The first-order valence-electron chi connectivity index (χ1n) is 11.1. The van der Waals surface area contributed by atoms with Crippen LogP contribution < -0.4 is 15.5 Å². The van der Waals surface area contributed by atoms with Gasteiger partial charge < -0.3 is 20.5 Å². The number of cyclic esters (lactones) is 1. The lowest BCUT2D eigenvalue weighted by Gasteiger charge is -2.40. The third kappa shape index (κ3) is 5.20. The molecule has 0 unspecified atom stereocenters. The van der Waals surface area contributed by atoms with E-state index in [2.05, 4.69) is 21.6 Å². The Labute approximate surface area is 188 Å². The molecule has 8 nitrogen and oxygen atoms in total. The van der Waals surface area contributed by atoms with Gasteiger partial charge in [0.2, 0.25) is 5.91 Å². The van der Waals surface area contributed by atoms with E-state index in [1.807, 2.05) is 43.3 Å². The van der Waals surface area contributed by atoms with Crippen molar-refractivity contribution >= 4 is 29.1 Å². The van der Waals surface area contributed by atoms with Crippen LogP contribution in [0, 0.1) is 6.92 Å². The number of piperidine rings is 1. The summed E-state index contributed by atoms with van der Waals surface area (Å²) in [7, 11) is 0. The first kappa shape index (κ1) is 22.1. The number of hydrogen-bond donors (Lipinski definition) is 3. The summed E-state index contributed by atoms with van der Waals surface area (Å²) in [6.45, 7) is 4.72. The summed E-state index contributed by atoms with van der Waals surface area (Å²) in [5, 5.41) is 14.9. The average molecular weight is 439 g/mol. The second-order valence-corrected chi connectivity index (χ2v) is 8.34. The number of aliphatic hydroxyl groups is 1. The van der Waals surface area contributed by atoms with Crippen molar-refractivity contribution in [3.63, 3.8) is 0 Å². The van der Waals surface area contributed by atoms with Crippen molar-refractivity contribution in [1.82, 2.24) is 4.90 Å². The minimum absolute atomic E-state index is 0.0577. The maximum absolute atomic E-state index is 12.5. The highest BCUT2D eigenvalue weighted by atomic mass is 16.6. The average Bonchev–Trinajstić information content (AvgIpc) is 2.79. The molecule has 2 aromatic carbocycles. The van der Waals surface area contributed by atoms with Crippen molar-refractivity contribution in [3.05, 3.63) is 53.6 Å². The molecule has 1 fully saturated rings. The predicted octanol–water partition coefficient (Wildman–Crippen LogP) is 2.96. The minimum Gasteiger partial charge on any atom is -0.444 e. The van der Waals surface area contributed by atoms with E-state index in [-0.39, 0.29) is 24.6 Å². The molecular weight excluding hydrogens is 408 g/mol. The van der Waals surface area contributed by atoms with Crippen molar-refractivity contribution in [1.29, 1.82) is 0 Å². The number of hydrogen-bond acceptors (Lipinski definition) is 6. The highest BCUT2D eigenvalue weighted by Gasteiger charge is 2.34. The molecule has 2 aliphatic rings. The molecular formula is C24H30N4O4. The molecule has 32 heavy (non-hydrogen) atoms. The van der Waals surface area contributed by atoms with Crippen molar-refractivity contribution in [2.24, 2.45) is 0 Å². The number of carbonyl (C=O) groups is 2. The first-order chi connectivity index (χ1) is 15.5. The number of benzene rings is 2. The summed E-state index contributed by atoms with van der Waals surface area (Å²) in [6.07, 6.45) is 1.30. The molecule has 0 radical (unpaired) electrons. The predicted molar refractivity (Wildman–Crippen MR) is 124 cm³/mol. The standard InChI is InChI=1S/C24H30N4O4/c1-17-2-7-22-18(14-17)16-32-24(31)28(22)21-8-11-27(12-9-21)15-23(30)26-20-5-3-19(4-6-20)25-10-13-29/h2-7,14,21,25,29H,8-13,15-16H2,1H3,(H,26,30). The van der Waals surface area contributed by atoms with Gasteiger partial charge in [-0.2, -0.15) is 0 Å². The fourth-order valence-electron chi connectivity index (χ4n) is 4.33. The molecule has 3 N–H and O–H groups in total. The third-order valence-corrected chi connectivity index (χ3v) is 5.94. The molecule has 0 aromatic heterocycles. The number of anilines is 3. The quantitative estimate of drug-likeness (QED) is 0.615. The highest BCUT2D eigenvalue weighted by molar-refractivity contribution is 5.92. The van der Waals surface area contributed by atoms with E-state index in [0.29, 0.717) is 19.7 Å². The van der Waals surface area contributed by atoms with Crippen LogP contribution in [0.1, 0.15) is 24.0 Å². The van der Waals surface area contributed by atoms with Gasteiger partial charge >= 0.3 is 6.09 Å². The zero-order valence-electron chi connectivity index (χ0n) is 18.3. The van der Waals surface area contributed by atoms with Crippen LogP contribution in [0.2, 0.25) is 0 Å². The lowest BCUT2D eigenvalue weighted by Crippen LogP contribution is -2.50. The number of rotatable bonds is 7. The Bertz CT molecular complexity index is 955. The van der Waals surface area contributed by atoms with E-state index >= 15 is 0 Å². The van der Waals surface area contributed by atoms with Gasteiger partial charge in [-0.15, -0.1) is 0 Å². The molecule has 0 aliphatic carbocycles. The Balaban J connectivity index is 1.29. The smallest absolute Gasteiger partial charge is 0.414 e. The van der Waals surface area contributed by atoms with E-state index < -0.39 is 0 Å². The number of fused-ring (bicyclic) bond motifs is 1. The van der Waals surface area contributed by atoms with Crippen LogP contribution in [-0.2, 0) is 16.1 Å². The summed E-state index contributed by atoms with van der Waals surface area (Å²) >= 11 is 0. The molecule has 0 atom stereocenters. The van der Waals surface area contributed by atoms with Gasteiger partial charge in [0, 0.05) is 42.6 Å². The van der Waals surface area contributed by atoms with E-state index in [9.17, 15) is 9.59 Å². The van der Waals surface area contributed by atoms with Crippen LogP contribution in [0.5, 0.6) is 0 Å². The molecule has 0 saturated carbocycles. The molecule has 2 heterocycles. The third-order valence-electron chi connectivity index (χ3n) is 5.94. The number of nitrogens with one attached hydrogen (secondary N) is 2. The molecule has 0 spiro atoms. The minimum atomic E-state index is -0.283. The van der Waals surface area contributed by atoms with Gasteiger partial charge in [0.05, 0.1) is 18.8 Å². The second-order valence-electron chi connectivity index (χ2n) is 8.34. The SMILES string of the molecule is Cc1ccc2c(c1)COC(=O)N2C1CCN(CC(=O)Nc2ccc(NCCO)cc2)CC1. The monoisotopic (exact) mass is 438 g/mol. The summed E-state index contributed by atoms with van der Waals surface area (Å²) in [6, 6.07) is 13.6. The number of ether oxygens (including phenoxy) is 1. The van der Waals surface area contributed by atoms with E-state index in [0.717, 1.165) is 54.1 Å². The van der Waals surface area contributed by atoms with Crippen molar-refractivity contribution in [2.75, 3.05) is 48.3 Å². The second kappa shape index (κ2) is 10.0. The van der Waals surface area contributed by atoms with E-state index in [1.54, 1.807) is 4.90 Å². The zero-order valence-corrected chi connectivity index (χ0v) is 18.3. The molecule has 1 saturated heterocycles. The van der Waals surface area contributed by atoms with Gasteiger partial charge in [0.25, 0.3) is 0 Å². The molecule has 4 rings (SSSR count). The fourth-order valence-corrected chi connectivity index (χ4v) is 4.33. The largest absolute Gasteiger partial charge is 0.444 e. The molecule has 8 heteroatoms. The van der Waals surface area contributed by atoms with Crippen LogP contribution >= 0.6 is 0 Å². The number of aliphatic hydroxyl groups excluding tert-OH is 1. The maximum atomic E-state index is 12.5. The normalized spacial score (nSPS) is 16.9. The Morgan fingerprint density at radius 3 is 2.56 bits per heavy atom. The van der Waals surface area contributed by atoms with Gasteiger partial charge in [0.15, 0.2) is 0 Å². The number of amides is 2. The van der Waals surface area contributed by atoms with Crippen LogP contribution in [0.4, 0.5) is 21.9 Å². The van der Waals surface area contributed by atoms with Crippen molar-refractivity contribution in [3.8, 4) is 0 Å². The Kier molecular flexibility index (Phi) is 6.92. The van der Waals surface area contributed by atoms with Crippen molar-refractivity contribution < 1.29 is 19.4 Å². The maximum Gasteiger partial charge on any atom is 0.414 e. The van der Waals surface area contributed by atoms with Crippen LogP contribution in [0.25, 0.3) is 0 Å². The Morgan fingerprint density at radius 2 is 1.84 bits per heavy atom. The van der Waals surface area contributed by atoms with Gasteiger partial charge in [-0.1, -0.05) is 17.7 Å². The molecule has 2 aliphatic heterocycles. The molecule has 170 valence electrons.